The van der Waals surface area contributed by atoms with E-state index in [0.717, 1.165) is 5.57 Å². The predicted octanol–water partition coefficient (Wildman–Crippen LogP) is 1.50. The lowest BCUT2D eigenvalue weighted by Gasteiger charge is -2.15. The number of hydrogen-bond donors (Lipinski definition) is 2. The van der Waals surface area contributed by atoms with Crippen molar-refractivity contribution in [3.63, 3.8) is 0 Å². The van der Waals surface area contributed by atoms with Crippen molar-refractivity contribution < 1.29 is 10.2 Å². The fourth-order valence-electron chi connectivity index (χ4n) is 0.966. The summed E-state index contributed by atoms with van der Waals surface area (Å²) < 4.78 is 0. The molecule has 70 valence electrons. The number of aliphatic hydroxyl groups is 2. The average molecular weight is 170 g/mol. The van der Waals surface area contributed by atoms with Crippen LogP contribution in [0.3, 0.4) is 0 Å². The highest BCUT2D eigenvalue weighted by Gasteiger charge is 2.11. The summed E-state index contributed by atoms with van der Waals surface area (Å²) >= 11 is 0. The Morgan fingerprint density at radius 3 is 2.50 bits per heavy atom. The second-order valence-corrected chi connectivity index (χ2v) is 2.95. The maximum absolute atomic E-state index is 9.61. The molecule has 0 aliphatic heterocycles. The SMILES string of the molecule is C/C=C(\C)[C@@H](O)[C@@H](C)/C=C/CO. The predicted molar refractivity (Wildman–Crippen MR) is 50.8 cm³/mol. The molecule has 0 bridgehead atoms. The minimum absolute atomic E-state index is 0.0337. The Kier molecular flexibility index (Phi) is 5.68. The van der Waals surface area contributed by atoms with Gasteiger partial charge in [0.2, 0.25) is 0 Å². The molecular weight excluding hydrogens is 152 g/mol. The molecule has 0 rings (SSSR count). The highest BCUT2D eigenvalue weighted by atomic mass is 16.3. The van der Waals surface area contributed by atoms with Crippen LogP contribution in [0.15, 0.2) is 23.8 Å². The van der Waals surface area contributed by atoms with Crippen LogP contribution in [0.4, 0.5) is 0 Å². The van der Waals surface area contributed by atoms with E-state index in [4.69, 9.17) is 5.11 Å². The van der Waals surface area contributed by atoms with E-state index >= 15 is 0 Å². The van der Waals surface area contributed by atoms with Gasteiger partial charge < -0.3 is 10.2 Å². The van der Waals surface area contributed by atoms with Crippen LogP contribution in [0.1, 0.15) is 20.8 Å². The number of allylic oxidation sites excluding steroid dienone is 1. The Bertz CT molecular complexity index is 171. The van der Waals surface area contributed by atoms with Crippen LogP contribution in [0, 0.1) is 5.92 Å². The Labute approximate surface area is 74.2 Å². The third-order valence-electron chi connectivity index (χ3n) is 1.96. The van der Waals surface area contributed by atoms with Crippen LogP contribution in [-0.2, 0) is 0 Å². The third-order valence-corrected chi connectivity index (χ3v) is 1.96. The van der Waals surface area contributed by atoms with Crippen molar-refractivity contribution >= 4 is 0 Å². The smallest absolute Gasteiger partial charge is 0.0807 e. The molecule has 0 amide bonds. The van der Waals surface area contributed by atoms with E-state index in [9.17, 15) is 5.11 Å². The van der Waals surface area contributed by atoms with Gasteiger partial charge in [0.05, 0.1) is 12.7 Å². The Hall–Kier alpha value is -0.600. The Morgan fingerprint density at radius 2 is 2.08 bits per heavy atom. The molecule has 0 spiro atoms. The van der Waals surface area contributed by atoms with Gasteiger partial charge in [0.25, 0.3) is 0 Å². The van der Waals surface area contributed by atoms with Gasteiger partial charge >= 0.3 is 0 Å². The van der Waals surface area contributed by atoms with E-state index < -0.39 is 6.10 Å². The van der Waals surface area contributed by atoms with Gasteiger partial charge in [0.15, 0.2) is 0 Å². The molecule has 0 saturated heterocycles. The maximum Gasteiger partial charge on any atom is 0.0807 e. The van der Waals surface area contributed by atoms with Crippen LogP contribution in [-0.4, -0.2) is 22.9 Å². The van der Waals surface area contributed by atoms with E-state index in [0.29, 0.717) is 0 Å². The molecular formula is C10H18O2. The fraction of sp³-hybridized carbons (Fsp3) is 0.600. The average Bonchev–Trinajstić information content (AvgIpc) is 2.11. The lowest BCUT2D eigenvalue weighted by Crippen LogP contribution is -2.16. The summed E-state index contributed by atoms with van der Waals surface area (Å²) in [6, 6.07) is 0. The lowest BCUT2D eigenvalue weighted by atomic mass is 9.98. The van der Waals surface area contributed by atoms with Crippen molar-refractivity contribution in [3.8, 4) is 0 Å². The first-order chi connectivity index (χ1) is 5.63. The molecule has 0 aliphatic carbocycles. The first kappa shape index (κ1) is 11.4. The van der Waals surface area contributed by atoms with Gasteiger partial charge in [-0.1, -0.05) is 25.2 Å². The molecule has 0 heterocycles. The van der Waals surface area contributed by atoms with Crippen molar-refractivity contribution in [2.45, 2.75) is 26.9 Å². The maximum atomic E-state index is 9.61. The van der Waals surface area contributed by atoms with Crippen LogP contribution in [0.5, 0.6) is 0 Å². The highest BCUT2D eigenvalue weighted by molar-refractivity contribution is 5.08. The van der Waals surface area contributed by atoms with E-state index in [1.54, 1.807) is 6.08 Å². The van der Waals surface area contributed by atoms with Crippen LogP contribution in [0.25, 0.3) is 0 Å². The molecule has 2 N–H and O–H groups in total. The quantitative estimate of drug-likeness (QED) is 0.628. The molecule has 0 saturated carbocycles. The number of aliphatic hydroxyl groups excluding tert-OH is 2. The van der Waals surface area contributed by atoms with Gasteiger partial charge in [-0.2, -0.15) is 0 Å². The van der Waals surface area contributed by atoms with Crippen molar-refractivity contribution in [3.05, 3.63) is 23.8 Å². The van der Waals surface area contributed by atoms with Crippen molar-refractivity contribution in [2.75, 3.05) is 6.61 Å². The van der Waals surface area contributed by atoms with Crippen LogP contribution in [0.2, 0.25) is 0 Å². The number of hydrogen-bond acceptors (Lipinski definition) is 2. The standard InChI is InChI=1S/C10H18O2/c1-4-8(2)10(12)9(3)6-5-7-11/h4-6,9-12H,7H2,1-3H3/b6-5+,8-4+/t9-,10+/m0/s1. The van der Waals surface area contributed by atoms with E-state index in [1.807, 2.05) is 32.9 Å². The van der Waals surface area contributed by atoms with Gasteiger partial charge in [-0.15, -0.1) is 0 Å². The van der Waals surface area contributed by atoms with E-state index in [1.165, 1.54) is 0 Å². The van der Waals surface area contributed by atoms with E-state index in [2.05, 4.69) is 0 Å². The normalized spacial score (nSPS) is 18.2. The van der Waals surface area contributed by atoms with Crippen molar-refractivity contribution in [1.82, 2.24) is 0 Å². The van der Waals surface area contributed by atoms with Gasteiger partial charge in [-0.25, -0.2) is 0 Å². The van der Waals surface area contributed by atoms with Crippen LogP contribution >= 0.6 is 0 Å². The summed E-state index contributed by atoms with van der Waals surface area (Å²) in [4.78, 5) is 0. The van der Waals surface area contributed by atoms with Crippen LogP contribution < -0.4 is 0 Å². The monoisotopic (exact) mass is 170 g/mol. The Morgan fingerprint density at radius 1 is 1.50 bits per heavy atom. The zero-order chi connectivity index (χ0) is 9.56. The van der Waals surface area contributed by atoms with Gasteiger partial charge in [0, 0.05) is 5.92 Å². The molecule has 0 aromatic rings. The molecule has 2 atom stereocenters. The summed E-state index contributed by atoms with van der Waals surface area (Å²) in [6.07, 6.45) is 4.93. The highest BCUT2D eigenvalue weighted by Crippen LogP contribution is 2.12. The summed E-state index contributed by atoms with van der Waals surface area (Å²) in [7, 11) is 0. The molecule has 0 aromatic heterocycles. The Balaban J connectivity index is 4.09. The van der Waals surface area contributed by atoms with Gasteiger partial charge in [-0.3, -0.25) is 0 Å². The molecule has 0 aliphatic rings. The van der Waals surface area contributed by atoms with Crippen molar-refractivity contribution in [2.24, 2.45) is 5.92 Å². The zero-order valence-corrected chi connectivity index (χ0v) is 7.99. The second-order valence-electron chi connectivity index (χ2n) is 2.95. The topological polar surface area (TPSA) is 40.5 Å². The molecule has 0 unspecified atom stereocenters. The summed E-state index contributed by atoms with van der Waals surface area (Å²) in [5.74, 6) is 0.0633. The molecule has 2 nitrogen and oxygen atoms in total. The lowest BCUT2D eigenvalue weighted by molar-refractivity contribution is 0.172. The fourth-order valence-corrected chi connectivity index (χ4v) is 0.966. The van der Waals surface area contributed by atoms with Gasteiger partial charge in [0.1, 0.15) is 0 Å². The summed E-state index contributed by atoms with van der Waals surface area (Å²) in [5, 5.41) is 18.1. The largest absolute Gasteiger partial charge is 0.392 e. The molecule has 0 aromatic carbocycles. The van der Waals surface area contributed by atoms with E-state index in [-0.39, 0.29) is 12.5 Å². The minimum Gasteiger partial charge on any atom is -0.392 e. The molecule has 12 heavy (non-hydrogen) atoms. The number of rotatable bonds is 4. The molecule has 0 fully saturated rings. The molecule has 0 radical (unpaired) electrons. The summed E-state index contributed by atoms with van der Waals surface area (Å²) in [6.45, 7) is 5.75. The van der Waals surface area contributed by atoms with Crippen molar-refractivity contribution in [1.29, 1.82) is 0 Å². The minimum atomic E-state index is -0.433. The zero-order valence-electron chi connectivity index (χ0n) is 7.99. The first-order valence-corrected chi connectivity index (χ1v) is 4.21. The molecule has 2 heteroatoms. The summed E-state index contributed by atoms with van der Waals surface area (Å²) in [5.41, 5.74) is 0.963. The van der Waals surface area contributed by atoms with Gasteiger partial charge in [-0.05, 0) is 19.4 Å². The first-order valence-electron chi connectivity index (χ1n) is 4.21. The third kappa shape index (κ3) is 3.69. The second kappa shape index (κ2) is 5.98.